The third-order valence-electron chi connectivity index (χ3n) is 2.62. The molecule has 17 heavy (non-hydrogen) atoms. The topological polar surface area (TPSA) is 26.3 Å². The van der Waals surface area contributed by atoms with Gasteiger partial charge in [-0.2, -0.15) is 0 Å². The third kappa shape index (κ3) is 4.22. The number of rotatable bonds is 4. The van der Waals surface area contributed by atoms with E-state index in [9.17, 15) is 4.79 Å². The van der Waals surface area contributed by atoms with Crippen LogP contribution in [0.3, 0.4) is 0 Å². The predicted octanol–water partition coefficient (Wildman–Crippen LogP) is 4.09. The molecule has 2 heteroatoms. The highest BCUT2D eigenvalue weighted by Crippen LogP contribution is 2.20. The Bertz CT molecular complexity index is 371. The van der Waals surface area contributed by atoms with Crippen molar-refractivity contribution in [1.82, 2.24) is 0 Å². The molecular weight excluding hydrogens is 212 g/mol. The number of carbonyl (C=O) groups is 1. The van der Waals surface area contributed by atoms with Crippen molar-refractivity contribution in [2.75, 3.05) is 0 Å². The molecule has 0 bridgehead atoms. The zero-order valence-corrected chi connectivity index (χ0v) is 11.4. The lowest BCUT2D eigenvalue weighted by Gasteiger charge is -2.21. The summed E-state index contributed by atoms with van der Waals surface area (Å²) in [5.74, 6) is 1.09. The monoisotopic (exact) mass is 234 g/mol. The Balaban J connectivity index is 2.78. The van der Waals surface area contributed by atoms with Crippen molar-refractivity contribution in [3.8, 4) is 5.75 Å². The molecule has 0 aromatic heterocycles. The molecule has 1 unspecified atom stereocenters. The van der Waals surface area contributed by atoms with Crippen molar-refractivity contribution in [1.29, 1.82) is 0 Å². The maximum atomic E-state index is 11.9. The molecule has 0 aliphatic rings. The molecule has 0 radical (unpaired) electrons. The van der Waals surface area contributed by atoms with Gasteiger partial charge in [0.05, 0.1) is 0 Å². The van der Waals surface area contributed by atoms with E-state index in [0.717, 1.165) is 17.7 Å². The summed E-state index contributed by atoms with van der Waals surface area (Å²) >= 11 is 0. The Labute approximate surface area is 104 Å². The van der Waals surface area contributed by atoms with Crippen molar-refractivity contribution in [2.24, 2.45) is 5.92 Å². The van der Waals surface area contributed by atoms with Crippen LogP contribution in [0.1, 0.15) is 51.4 Å². The van der Waals surface area contributed by atoms with Crippen LogP contribution in [0.2, 0.25) is 0 Å². The molecule has 0 saturated heterocycles. The smallest absolute Gasteiger partial charge is 0.165 e. The first-order valence-electron chi connectivity index (χ1n) is 6.17. The number of ether oxygens (including phenoxy) is 1. The van der Waals surface area contributed by atoms with Gasteiger partial charge in [-0.25, -0.2) is 0 Å². The fraction of sp³-hybridized carbons (Fsp3) is 0.533. The number of hydrogen-bond donors (Lipinski definition) is 0. The fourth-order valence-corrected chi connectivity index (χ4v) is 1.51. The molecule has 1 aromatic rings. The molecule has 1 atom stereocenters. The SMILES string of the molecule is CCC(C)C(=O)c1ccc(OC(C)(C)C)cc1. The van der Waals surface area contributed by atoms with Gasteiger partial charge in [0.2, 0.25) is 0 Å². The Morgan fingerprint density at radius 3 is 2.18 bits per heavy atom. The fourth-order valence-electron chi connectivity index (χ4n) is 1.51. The van der Waals surface area contributed by atoms with Gasteiger partial charge in [-0.1, -0.05) is 13.8 Å². The first kappa shape index (κ1) is 13.8. The Morgan fingerprint density at radius 2 is 1.76 bits per heavy atom. The number of hydrogen-bond acceptors (Lipinski definition) is 2. The van der Waals surface area contributed by atoms with Crippen LogP contribution in [-0.4, -0.2) is 11.4 Å². The zero-order chi connectivity index (χ0) is 13.1. The summed E-state index contributed by atoms with van der Waals surface area (Å²) in [6.07, 6.45) is 0.874. The van der Waals surface area contributed by atoms with E-state index >= 15 is 0 Å². The maximum absolute atomic E-state index is 11.9. The second-order valence-electron chi connectivity index (χ2n) is 5.41. The van der Waals surface area contributed by atoms with Gasteiger partial charge < -0.3 is 4.74 Å². The van der Waals surface area contributed by atoms with Crippen molar-refractivity contribution >= 4 is 5.78 Å². The molecule has 0 fully saturated rings. The van der Waals surface area contributed by atoms with E-state index in [-0.39, 0.29) is 17.3 Å². The van der Waals surface area contributed by atoms with Gasteiger partial charge in [-0.15, -0.1) is 0 Å². The standard InChI is InChI=1S/C15H22O2/c1-6-11(2)14(16)12-7-9-13(10-8-12)17-15(3,4)5/h7-11H,6H2,1-5H3. The number of carbonyl (C=O) groups excluding carboxylic acids is 1. The minimum absolute atomic E-state index is 0.0874. The minimum Gasteiger partial charge on any atom is -0.488 e. The summed E-state index contributed by atoms with van der Waals surface area (Å²) in [6.45, 7) is 10.0. The van der Waals surface area contributed by atoms with Gasteiger partial charge in [0.25, 0.3) is 0 Å². The molecule has 0 aliphatic carbocycles. The van der Waals surface area contributed by atoms with E-state index in [1.54, 1.807) is 0 Å². The van der Waals surface area contributed by atoms with Gasteiger partial charge in [-0.3, -0.25) is 4.79 Å². The van der Waals surface area contributed by atoms with Crippen LogP contribution in [-0.2, 0) is 0 Å². The number of Topliss-reactive ketones (excluding diaryl/α,β-unsaturated/α-hetero) is 1. The average Bonchev–Trinajstić information content (AvgIpc) is 2.26. The quantitative estimate of drug-likeness (QED) is 0.733. The predicted molar refractivity (Wildman–Crippen MR) is 70.6 cm³/mol. The van der Waals surface area contributed by atoms with Crippen LogP contribution in [0.25, 0.3) is 0 Å². The minimum atomic E-state index is -0.206. The van der Waals surface area contributed by atoms with Crippen molar-refractivity contribution in [3.05, 3.63) is 29.8 Å². The van der Waals surface area contributed by atoms with Gasteiger partial charge in [-0.05, 0) is 51.5 Å². The molecule has 1 rings (SSSR count). The van der Waals surface area contributed by atoms with Crippen molar-refractivity contribution in [3.63, 3.8) is 0 Å². The number of benzene rings is 1. The third-order valence-corrected chi connectivity index (χ3v) is 2.62. The van der Waals surface area contributed by atoms with Crippen molar-refractivity contribution < 1.29 is 9.53 Å². The van der Waals surface area contributed by atoms with Crippen LogP contribution < -0.4 is 4.74 Å². The van der Waals surface area contributed by atoms with E-state index in [1.165, 1.54) is 0 Å². The molecule has 0 aliphatic heterocycles. The highest BCUT2D eigenvalue weighted by atomic mass is 16.5. The van der Waals surface area contributed by atoms with Crippen LogP contribution >= 0.6 is 0 Å². The second-order valence-corrected chi connectivity index (χ2v) is 5.41. The lowest BCUT2D eigenvalue weighted by molar-refractivity contribution is 0.0927. The van der Waals surface area contributed by atoms with E-state index in [1.807, 2.05) is 58.9 Å². The molecule has 0 saturated carbocycles. The highest BCUT2D eigenvalue weighted by Gasteiger charge is 2.15. The van der Waals surface area contributed by atoms with E-state index in [0.29, 0.717) is 0 Å². The molecule has 0 N–H and O–H groups in total. The molecule has 0 spiro atoms. The molecule has 0 heterocycles. The average molecular weight is 234 g/mol. The lowest BCUT2D eigenvalue weighted by Crippen LogP contribution is -2.22. The Kier molecular flexibility index (Phi) is 4.33. The zero-order valence-electron chi connectivity index (χ0n) is 11.4. The Morgan fingerprint density at radius 1 is 1.24 bits per heavy atom. The van der Waals surface area contributed by atoms with E-state index < -0.39 is 0 Å². The summed E-state index contributed by atoms with van der Waals surface area (Å²) in [6, 6.07) is 7.41. The molecule has 0 amide bonds. The lowest BCUT2D eigenvalue weighted by atomic mass is 9.97. The number of ketones is 1. The summed E-state index contributed by atoms with van der Waals surface area (Å²) in [5, 5.41) is 0. The van der Waals surface area contributed by atoms with Gasteiger partial charge in [0.1, 0.15) is 11.4 Å². The van der Waals surface area contributed by atoms with Crippen LogP contribution in [0.15, 0.2) is 24.3 Å². The maximum Gasteiger partial charge on any atom is 0.165 e. The van der Waals surface area contributed by atoms with Gasteiger partial charge >= 0.3 is 0 Å². The van der Waals surface area contributed by atoms with Crippen LogP contribution in [0.5, 0.6) is 5.75 Å². The molecule has 2 nitrogen and oxygen atoms in total. The molecule has 1 aromatic carbocycles. The van der Waals surface area contributed by atoms with Crippen molar-refractivity contribution in [2.45, 2.75) is 46.6 Å². The van der Waals surface area contributed by atoms with Gasteiger partial charge in [0, 0.05) is 11.5 Å². The summed E-state index contributed by atoms with van der Waals surface area (Å²) in [4.78, 5) is 11.9. The normalized spacial score (nSPS) is 13.2. The van der Waals surface area contributed by atoms with Gasteiger partial charge in [0.15, 0.2) is 5.78 Å². The molecule has 94 valence electrons. The molecular formula is C15H22O2. The van der Waals surface area contributed by atoms with Crippen LogP contribution in [0.4, 0.5) is 0 Å². The van der Waals surface area contributed by atoms with E-state index in [2.05, 4.69) is 0 Å². The summed E-state index contributed by atoms with van der Waals surface area (Å²) < 4.78 is 5.71. The summed E-state index contributed by atoms with van der Waals surface area (Å²) in [7, 11) is 0. The van der Waals surface area contributed by atoms with E-state index in [4.69, 9.17) is 4.74 Å². The second kappa shape index (κ2) is 5.35. The first-order valence-corrected chi connectivity index (χ1v) is 6.17. The highest BCUT2D eigenvalue weighted by molar-refractivity contribution is 5.97. The van der Waals surface area contributed by atoms with Crippen LogP contribution in [0, 0.1) is 5.92 Å². The Hall–Kier alpha value is -1.31. The largest absolute Gasteiger partial charge is 0.488 e. The summed E-state index contributed by atoms with van der Waals surface area (Å²) in [5.41, 5.74) is 0.558. The first-order chi connectivity index (χ1) is 7.83.